The minimum atomic E-state index is -3.35. The monoisotopic (exact) mass is 459 g/mol. The van der Waals surface area contributed by atoms with Crippen LogP contribution in [0, 0.1) is 13.8 Å². The normalized spacial score (nSPS) is 17.2. The maximum Gasteiger partial charge on any atom is 0.315 e. The lowest BCUT2D eigenvalue weighted by molar-refractivity contribution is -0.145. The number of fused-ring (bicyclic) bond motifs is 1. The van der Waals surface area contributed by atoms with Gasteiger partial charge >= 0.3 is 11.8 Å². The van der Waals surface area contributed by atoms with E-state index in [1.807, 2.05) is 32.0 Å². The molecule has 11 heteroatoms. The zero-order valence-corrected chi connectivity index (χ0v) is 19.0. The third-order valence-corrected chi connectivity index (χ3v) is 7.25. The number of nitrogens with zero attached hydrogens (tertiary/aromatic N) is 4. The smallest absolute Gasteiger partial charge is 0.315 e. The van der Waals surface area contributed by atoms with Crippen molar-refractivity contribution in [2.24, 2.45) is 0 Å². The predicted octanol–water partition coefficient (Wildman–Crippen LogP) is 0.547. The number of carbonyl (C=O) groups excluding carboxylic acids is 3. The van der Waals surface area contributed by atoms with Crippen LogP contribution in [0.15, 0.2) is 18.2 Å². The fourth-order valence-corrected chi connectivity index (χ4v) is 5.61. The number of nitrogens with one attached hydrogen (secondary N) is 1. The average Bonchev–Trinajstić information content (AvgIpc) is 3.19. The van der Waals surface area contributed by atoms with E-state index in [1.54, 1.807) is 4.90 Å². The number of amides is 3. The first kappa shape index (κ1) is 22.0. The second-order valence-electron chi connectivity index (χ2n) is 8.26. The van der Waals surface area contributed by atoms with Gasteiger partial charge in [-0.2, -0.15) is 5.10 Å². The van der Waals surface area contributed by atoms with Crippen LogP contribution in [0.3, 0.4) is 0 Å². The molecular weight excluding hydrogens is 434 g/mol. The van der Waals surface area contributed by atoms with Crippen LogP contribution < -0.4 is 5.32 Å². The van der Waals surface area contributed by atoms with Gasteiger partial charge < -0.3 is 15.1 Å². The number of benzene rings is 1. The van der Waals surface area contributed by atoms with Crippen molar-refractivity contribution in [3.8, 4) is 5.69 Å². The molecule has 1 aromatic heterocycles. The molecule has 0 spiro atoms. The van der Waals surface area contributed by atoms with Crippen molar-refractivity contribution < 1.29 is 22.8 Å². The van der Waals surface area contributed by atoms with Gasteiger partial charge in [-0.05, 0) is 25.5 Å². The summed E-state index contributed by atoms with van der Waals surface area (Å²) in [5, 5.41) is 7.08. The lowest BCUT2D eigenvalue weighted by Crippen LogP contribution is -2.52. The molecule has 1 saturated heterocycles. The van der Waals surface area contributed by atoms with Crippen molar-refractivity contribution in [2.75, 3.05) is 31.5 Å². The minimum Gasteiger partial charge on any atom is -0.339 e. The summed E-state index contributed by atoms with van der Waals surface area (Å²) >= 11 is 0. The molecule has 0 unspecified atom stereocenters. The van der Waals surface area contributed by atoms with Gasteiger partial charge in [0.15, 0.2) is 9.84 Å². The van der Waals surface area contributed by atoms with Gasteiger partial charge in [-0.1, -0.05) is 17.7 Å². The van der Waals surface area contributed by atoms with Crippen LogP contribution in [-0.4, -0.2) is 71.9 Å². The highest BCUT2D eigenvalue weighted by atomic mass is 32.2. The van der Waals surface area contributed by atoms with Gasteiger partial charge in [0, 0.05) is 38.7 Å². The second-order valence-corrected chi connectivity index (χ2v) is 10.3. The van der Waals surface area contributed by atoms with Crippen LogP contribution >= 0.6 is 0 Å². The van der Waals surface area contributed by atoms with E-state index in [4.69, 9.17) is 0 Å². The summed E-state index contributed by atoms with van der Waals surface area (Å²) in [5.41, 5.74) is 3.44. The van der Waals surface area contributed by atoms with Crippen LogP contribution in [0.2, 0.25) is 0 Å². The van der Waals surface area contributed by atoms with Crippen molar-refractivity contribution in [1.82, 2.24) is 19.6 Å². The Balaban J connectivity index is 1.62. The molecule has 3 heterocycles. The van der Waals surface area contributed by atoms with Crippen molar-refractivity contribution in [3.63, 3.8) is 0 Å². The fourth-order valence-electron chi connectivity index (χ4n) is 4.12. The van der Waals surface area contributed by atoms with Crippen LogP contribution in [0.25, 0.3) is 5.69 Å². The Bertz CT molecular complexity index is 1230. The number of hydrogen-bond acceptors (Lipinski definition) is 6. The Hall–Kier alpha value is -3.21. The zero-order valence-electron chi connectivity index (χ0n) is 18.2. The summed E-state index contributed by atoms with van der Waals surface area (Å²) in [5.74, 6) is -1.90. The number of carbonyl (C=O) groups is 3. The largest absolute Gasteiger partial charge is 0.339 e. The molecule has 0 bridgehead atoms. The molecule has 0 saturated carbocycles. The molecule has 10 nitrogen and oxygen atoms in total. The first-order chi connectivity index (χ1) is 15.1. The number of rotatable bonds is 2. The third-order valence-electron chi connectivity index (χ3n) is 5.81. The highest BCUT2D eigenvalue weighted by Gasteiger charge is 2.35. The van der Waals surface area contributed by atoms with E-state index in [0.717, 1.165) is 11.1 Å². The highest BCUT2D eigenvalue weighted by Crippen LogP contribution is 2.33. The molecule has 3 amide bonds. The molecule has 0 aliphatic carbocycles. The lowest BCUT2D eigenvalue weighted by Gasteiger charge is -2.33. The molecule has 2 aliphatic rings. The number of sulfone groups is 1. The SMILES string of the molecule is CC(=O)N1CCN(C(=O)C(=O)Nc2c3c(nn2-c2ccc(C)cc2C)CS(=O)(=O)C3)CC1. The summed E-state index contributed by atoms with van der Waals surface area (Å²) in [4.78, 5) is 40.1. The van der Waals surface area contributed by atoms with Crippen LogP contribution in [0.4, 0.5) is 5.82 Å². The summed E-state index contributed by atoms with van der Waals surface area (Å²) in [6.07, 6.45) is 0. The summed E-state index contributed by atoms with van der Waals surface area (Å²) in [6, 6.07) is 5.71. The van der Waals surface area contributed by atoms with E-state index >= 15 is 0 Å². The molecule has 2 aliphatic heterocycles. The zero-order chi connectivity index (χ0) is 23.2. The summed E-state index contributed by atoms with van der Waals surface area (Å²) < 4.78 is 25.8. The molecule has 32 heavy (non-hydrogen) atoms. The van der Waals surface area contributed by atoms with Gasteiger partial charge in [0.1, 0.15) is 5.82 Å². The first-order valence-electron chi connectivity index (χ1n) is 10.3. The maximum atomic E-state index is 12.8. The van der Waals surface area contributed by atoms with E-state index in [2.05, 4.69) is 10.4 Å². The number of anilines is 1. The van der Waals surface area contributed by atoms with Crippen molar-refractivity contribution >= 4 is 33.4 Å². The van der Waals surface area contributed by atoms with E-state index in [1.165, 1.54) is 16.5 Å². The molecule has 4 rings (SSSR count). The Morgan fingerprint density at radius 3 is 2.28 bits per heavy atom. The molecule has 1 fully saturated rings. The summed E-state index contributed by atoms with van der Waals surface area (Å²) in [6.45, 7) is 6.57. The molecule has 2 aromatic rings. The van der Waals surface area contributed by atoms with Gasteiger partial charge in [0.25, 0.3) is 0 Å². The third kappa shape index (κ3) is 4.12. The van der Waals surface area contributed by atoms with E-state index in [9.17, 15) is 22.8 Å². The van der Waals surface area contributed by atoms with Gasteiger partial charge in [-0.3, -0.25) is 14.4 Å². The van der Waals surface area contributed by atoms with Gasteiger partial charge in [-0.25, -0.2) is 13.1 Å². The van der Waals surface area contributed by atoms with Crippen molar-refractivity contribution in [1.29, 1.82) is 0 Å². The number of hydrogen-bond donors (Lipinski definition) is 1. The Morgan fingerprint density at radius 1 is 1.00 bits per heavy atom. The quantitative estimate of drug-likeness (QED) is 0.655. The van der Waals surface area contributed by atoms with Crippen LogP contribution in [0.5, 0.6) is 0 Å². The van der Waals surface area contributed by atoms with E-state index in [-0.39, 0.29) is 36.3 Å². The highest BCUT2D eigenvalue weighted by molar-refractivity contribution is 7.90. The van der Waals surface area contributed by atoms with Crippen LogP contribution in [0.1, 0.15) is 29.3 Å². The van der Waals surface area contributed by atoms with Gasteiger partial charge in [0.2, 0.25) is 5.91 Å². The van der Waals surface area contributed by atoms with Crippen LogP contribution in [-0.2, 0) is 35.7 Å². The fraction of sp³-hybridized carbons (Fsp3) is 0.429. The van der Waals surface area contributed by atoms with E-state index < -0.39 is 21.7 Å². The topological polar surface area (TPSA) is 122 Å². The molecule has 1 aromatic carbocycles. The molecule has 1 N–H and O–H groups in total. The lowest BCUT2D eigenvalue weighted by atomic mass is 10.1. The maximum absolute atomic E-state index is 12.8. The number of piperazine rings is 1. The van der Waals surface area contributed by atoms with Gasteiger partial charge in [0.05, 0.1) is 22.9 Å². The molecule has 0 radical (unpaired) electrons. The van der Waals surface area contributed by atoms with Crippen molar-refractivity contribution in [3.05, 3.63) is 40.6 Å². The standard InChI is InChI=1S/C21H25N5O5S/c1-13-4-5-18(14(2)10-13)26-19(16-11-32(30,31)12-17(16)23-26)22-20(28)21(29)25-8-6-24(7-9-25)15(3)27/h4-5,10H,6-9,11-12H2,1-3H3,(H,22,28). The molecular formula is C21H25N5O5S. The van der Waals surface area contributed by atoms with Gasteiger partial charge in [-0.15, -0.1) is 0 Å². The number of aromatic nitrogens is 2. The number of aryl methyl sites for hydroxylation is 2. The molecule has 170 valence electrons. The average molecular weight is 460 g/mol. The predicted molar refractivity (Wildman–Crippen MR) is 117 cm³/mol. The Morgan fingerprint density at radius 2 is 1.66 bits per heavy atom. The first-order valence-corrected chi connectivity index (χ1v) is 12.1. The second kappa shape index (κ2) is 8.05. The minimum absolute atomic E-state index is 0.0734. The summed E-state index contributed by atoms with van der Waals surface area (Å²) in [7, 11) is -3.35. The van der Waals surface area contributed by atoms with E-state index in [0.29, 0.717) is 30.0 Å². The Labute approximate surface area is 186 Å². The Kier molecular flexibility index (Phi) is 5.53. The van der Waals surface area contributed by atoms with Crippen molar-refractivity contribution in [2.45, 2.75) is 32.3 Å². The molecule has 0 atom stereocenters.